The third kappa shape index (κ3) is 12.3. The average molecular weight is 617 g/mol. The molecule has 3 nitrogen and oxygen atoms in total. The van der Waals surface area contributed by atoms with E-state index in [0.717, 1.165) is 60.9 Å². The van der Waals surface area contributed by atoms with Gasteiger partial charge >= 0.3 is 0 Å². The predicted molar refractivity (Wildman–Crippen MR) is 192 cm³/mol. The van der Waals surface area contributed by atoms with Gasteiger partial charge in [-0.15, -0.1) is 0 Å². The van der Waals surface area contributed by atoms with Crippen LogP contribution in [0, 0.1) is 23.7 Å². The van der Waals surface area contributed by atoms with Crippen LogP contribution in [0.4, 0.5) is 0 Å². The summed E-state index contributed by atoms with van der Waals surface area (Å²) in [4.78, 5) is 10.1. The lowest BCUT2D eigenvalue weighted by atomic mass is 9.78. The van der Waals surface area contributed by atoms with Crippen molar-refractivity contribution < 1.29 is 4.74 Å². The number of hydrogen-bond acceptors (Lipinski definition) is 3. The van der Waals surface area contributed by atoms with E-state index in [9.17, 15) is 0 Å². The largest absolute Gasteiger partial charge is 0.454 e. The van der Waals surface area contributed by atoms with Crippen molar-refractivity contribution in [2.75, 3.05) is 0 Å². The van der Waals surface area contributed by atoms with Gasteiger partial charge < -0.3 is 4.74 Å². The van der Waals surface area contributed by atoms with Crippen LogP contribution in [0.1, 0.15) is 179 Å². The zero-order chi connectivity index (χ0) is 31.7. The molecule has 0 unspecified atom stereocenters. The van der Waals surface area contributed by atoms with Gasteiger partial charge in [-0.05, 0) is 111 Å². The third-order valence-corrected chi connectivity index (χ3v) is 11.4. The average Bonchev–Trinajstić information content (AvgIpc) is 3.07. The van der Waals surface area contributed by atoms with E-state index in [0.29, 0.717) is 0 Å². The van der Waals surface area contributed by atoms with Crippen molar-refractivity contribution in [3.05, 3.63) is 47.0 Å². The SMILES string of the molecule is CCCCCCCc1ncc(Oc2cnc(CCCCCCC)c(CC3CCC(CC)CC3)c2)cc1CC1CCC(CC)CC1. The Labute approximate surface area is 278 Å². The van der Waals surface area contributed by atoms with Gasteiger partial charge in [-0.25, -0.2) is 0 Å². The normalized spacial score (nSPS) is 22.0. The van der Waals surface area contributed by atoms with Crippen LogP contribution in [0.5, 0.6) is 11.5 Å². The molecule has 2 heterocycles. The van der Waals surface area contributed by atoms with Crippen LogP contribution in [-0.2, 0) is 25.7 Å². The van der Waals surface area contributed by atoms with Crippen molar-refractivity contribution in [1.82, 2.24) is 9.97 Å². The highest BCUT2D eigenvalue weighted by Crippen LogP contribution is 2.36. The fourth-order valence-electron chi connectivity index (χ4n) is 8.19. The van der Waals surface area contributed by atoms with E-state index >= 15 is 0 Å². The first-order valence-corrected chi connectivity index (χ1v) is 19.7. The first-order valence-electron chi connectivity index (χ1n) is 19.7. The number of unbranched alkanes of at least 4 members (excludes halogenated alkanes) is 8. The number of aromatic nitrogens is 2. The zero-order valence-electron chi connectivity index (χ0n) is 29.9. The molecule has 2 aliphatic rings. The van der Waals surface area contributed by atoms with Crippen LogP contribution < -0.4 is 4.74 Å². The van der Waals surface area contributed by atoms with Crippen molar-refractivity contribution in [2.24, 2.45) is 23.7 Å². The Morgan fingerprint density at radius 3 is 1.27 bits per heavy atom. The topological polar surface area (TPSA) is 35.0 Å². The summed E-state index contributed by atoms with van der Waals surface area (Å²) in [6.45, 7) is 9.32. The van der Waals surface area contributed by atoms with Crippen molar-refractivity contribution in [1.29, 1.82) is 0 Å². The Balaban J connectivity index is 1.47. The maximum atomic E-state index is 6.61. The van der Waals surface area contributed by atoms with E-state index < -0.39 is 0 Å². The summed E-state index contributed by atoms with van der Waals surface area (Å²) in [6.07, 6.45) is 35.4. The lowest BCUT2D eigenvalue weighted by molar-refractivity contribution is 0.267. The summed E-state index contributed by atoms with van der Waals surface area (Å²) in [5.74, 6) is 5.24. The minimum Gasteiger partial charge on any atom is -0.454 e. The standard InChI is InChI=1S/C42H68N2O/c1-5-9-11-13-15-17-41-37(27-35-23-19-33(7-3)20-24-35)29-39(31-43-41)45-40-30-38(28-36-25-21-34(8-4)22-26-36)42(44-32-40)18-16-14-12-10-6-2/h29-36H,5-28H2,1-4H3. The number of rotatable bonds is 20. The van der Waals surface area contributed by atoms with E-state index in [2.05, 4.69) is 39.8 Å². The smallest absolute Gasteiger partial charge is 0.146 e. The van der Waals surface area contributed by atoms with Crippen LogP contribution in [-0.4, -0.2) is 9.97 Å². The molecule has 0 aliphatic heterocycles. The van der Waals surface area contributed by atoms with Crippen LogP contribution in [0.25, 0.3) is 0 Å². The number of aryl methyl sites for hydroxylation is 2. The highest BCUT2D eigenvalue weighted by Gasteiger charge is 2.23. The lowest BCUT2D eigenvalue weighted by Crippen LogP contribution is -2.17. The molecule has 2 fully saturated rings. The second-order valence-corrected chi connectivity index (χ2v) is 15.0. The highest BCUT2D eigenvalue weighted by molar-refractivity contribution is 5.36. The molecule has 0 atom stereocenters. The summed E-state index contributed by atoms with van der Waals surface area (Å²) in [6, 6.07) is 4.68. The van der Waals surface area contributed by atoms with E-state index in [1.165, 1.54) is 151 Å². The van der Waals surface area contributed by atoms with Gasteiger partial charge in [0.2, 0.25) is 0 Å². The minimum absolute atomic E-state index is 0.788. The van der Waals surface area contributed by atoms with E-state index in [1.54, 1.807) is 0 Å². The molecule has 0 bridgehead atoms. The van der Waals surface area contributed by atoms with Gasteiger partial charge in [0.25, 0.3) is 0 Å². The molecule has 0 saturated heterocycles. The Hall–Kier alpha value is -1.90. The maximum Gasteiger partial charge on any atom is 0.146 e. The molecule has 3 heteroatoms. The first-order chi connectivity index (χ1) is 22.1. The third-order valence-electron chi connectivity index (χ3n) is 11.4. The van der Waals surface area contributed by atoms with Gasteiger partial charge in [-0.3, -0.25) is 9.97 Å². The highest BCUT2D eigenvalue weighted by atomic mass is 16.5. The van der Waals surface area contributed by atoms with Crippen molar-refractivity contribution in [3.8, 4) is 11.5 Å². The molecular weight excluding hydrogens is 548 g/mol. The molecule has 4 rings (SSSR count). The molecule has 45 heavy (non-hydrogen) atoms. The quantitative estimate of drug-likeness (QED) is 0.139. The van der Waals surface area contributed by atoms with Gasteiger partial charge in [0, 0.05) is 11.4 Å². The molecule has 2 aromatic heterocycles. The lowest BCUT2D eigenvalue weighted by Gasteiger charge is -2.28. The number of nitrogens with zero attached hydrogens (tertiary/aromatic N) is 2. The molecule has 2 aliphatic carbocycles. The van der Waals surface area contributed by atoms with Crippen molar-refractivity contribution >= 4 is 0 Å². The second kappa shape index (κ2) is 20.4. The van der Waals surface area contributed by atoms with Crippen LogP contribution in [0.15, 0.2) is 24.5 Å². The molecule has 0 N–H and O–H groups in total. The minimum atomic E-state index is 0.788. The fourth-order valence-corrected chi connectivity index (χ4v) is 8.19. The van der Waals surface area contributed by atoms with E-state index in [4.69, 9.17) is 14.7 Å². The van der Waals surface area contributed by atoms with Crippen molar-refractivity contribution in [3.63, 3.8) is 0 Å². The Morgan fingerprint density at radius 1 is 0.511 bits per heavy atom. The van der Waals surface area contributed by atoms with E-state index in [1.807, 2.05) is 12.4 Å². The molecule has 0 aromatic carbocycles. The molecule has 2 aromatic rings. The molecule has 0 radical (unpaired) electrons. The van der Waals surface area contributed by atoms with Gasteiger partial charge in [0.05, 0.1) is 12.4 Å². The second-order valence-electron chi connectivity index (χ2n) is 15.0. The monoisotopic (exact) mass is 617 g/mol. The van der Waals surface area contributed by atoms with Crippen LogP contribution in [0.2, 0.25) is 0 Å². The number of ether oxygens (including phenoxy) is 1. The molecule has 2 saturated carbocycles. The van der Waals surface area contributed by atoms with Gasteiger partial charge in [-0.1, -0.05) is 118 Å². The summed E-state index contributed by atoms with van der Waals surface area (Å²) in [5, 5.41) is 0. The van der Waals surface area contributed by atoms with Crippen LogP contribution >= 0.6 is 0 Å². The molecular formula is C42H68N2O. The summed E-state index contributed by atoms with van der Waals surface area (Å²) < 4.78 is 6.61. The molecule has 0 spiro atoms. The fraction of sp³-hybridized carbons (Fsp3) is 0.762. The summed E-state index contributed by atoms with van der Waals surface area (Å²) in [5.41, 5.74) is 5.51. The first kappa shape index (κ1) is 35.9. The Kier molecular flexibility index (Phi) is 16.3. The summed E-state index contributed by atoms with van der Waals surface area (Å²) in [7, 11) is 0. The zero-order valence-corrected chi connectivity index (χ0v) is 29.9. The summed E-state index contributed by atoms with van der Waals surface area (Å²) >= 11 is 0. The number of hydrogen-bond donors (Lipinski definition) is 0. The molecule has 0 amide bonds. The van der Waals surface area contributed by atoms with Gasteiger partial charge in [-0.2, -0.15) is 0 Å². The van der Waals surface area contributed by atoms with Crippen LogP contribution in [0.3, 0.4) is 0 Å². The molecule has 252 valence electrons. The Morgan fingerprint density at radius 2 is 0.889 bits per heavy atom. The van der Waals surface area contributed by atoms with E-state index in [-0.39, 0.29) is 0 Å². The number of pyridine rings is 2. The van der Waals surface area contributed by atoms with Gasteiger partial charge in [0.1, 0.15) is 11.5 Å². The van der Waals surface area contributed by atoms with Crippen molar-refractivity contribution in [2.45, 2.75) is 182 Å². The Bertz CT molecular complexity index is 995. The van der Waals surface area contributed by atoms with Gasteiger partial charge in [0.15, 0.2) is 0 Å². The maximum absolute atomic E-state index is 6.61. The predicted octanol–water partition coefficient (Wildman–Crippen LogP) is 12.8.